The molecule has 6 nitrogen and oxygen atoms in total. The number of nitrogens with zero attached hydrogens (tertiary/aromatic N) is 3. The molecular formula is C15H19N3O3. The molecule has 2 aromatic rings. The Hall–Kier alpha value is -1.66. The van der Waals surface area contributed by atoms with Gasteiger partial charge in [-0.2, -0.15) is 4.98 Å². The largest absolute Gasteiger partial charge is 0.472 e. The van der Waals surface area contributed by atoms with Crippen molar-refractivity contribution >= 4 is 0 Å². The standard InChI is InChI=1S/C15H19N3O3/c1-10-16-15(21-17-10)14-3-2-12-13(20-14)4-6-18(12)8-11-5-7-19-9-11/h5,7,9,12-14H,2-4,6,8H2,1H3/t12-,13-,14-/m1/s1. The second-order valence-corrected chi connectivity index (χ2v) is 5.88. The molecule has 0 aliphatic carbocycles. The van der Waals surface area contributed by atoms with Crippen molar-refractivity contribution in [1.29, 1.82) is 0 Å². The number of furan rings is 1. The Balaban J connectivity index is 1.42. The van der Waals surface area contributed by atoms with E-state index >= 15 is 0 Å². The van der Waals surface area contributed by atoms with Gasteiger partial charge in [0.2, 0.25) is 0 Å². The molecule has 0 spiro atoms. The van der Waals surface area contributed by atoms with Gasteiger partial charge in [-0.1, -0.05) is 5.16 Å². The molecule has 4 heterocycles. The van der Waals surface area contributed by atoms with Crippen molar-refractivity contribution in [3.05, 3.63) is 35.9 Å². The molecule has 2 fully saturated rings. The first kappa shape index (κ1) is 13.0. The number of aromatic nitrogens is 2. The van der Waals surface area contributed by atoms with Gasteiger partial charge in [-0.3, -0.25) is 4.90 Å². The van der Waals surface area contributed by atoms with E-state index in [4.69, 9.17) is 13.7 Å². The highest BCUT2D eigenvalue weighted by molar-refractivity contribution is 5.07. The quantitative estimate of drug-likeness (QED) is 0.865. The van der Waals surface area contributed by atoms with E-state index in [1.807, 2.05) is 19.3 Å². The minimum absolute atomic E-state index is 0.0404. The van der Waals surface area contributed by atoms with Gasteiger partial charge in [0.05, 0.1) is 18.6 Å². The van der Waals surface area contributed by atoms with E-state index in [0.29, 0.717) is 17.8 Å². The first-order chi connectivity index (χ1) is 10.3. The number of aryl methyl sites for hydroxylation is 1. The topological polar surface area (TPSA) is 64.5 Å². The molecule has 0 saturated carbocycles. The average molecular weight is 289 g/mol. The number of ether oxygens (including phenoxy) is 1. The lowest BCUT2D eigenvalue weighted by molar-refractivity contribution is -0.0831. The van der Waals surface area contributed by atoms with Crippen LogP contribution in [0.25, 0.3) is 0 Å². The summed E-state index contributed by atoms with van der Waals surface area (Å²) in [6.07, 6.45) is 6.88. The first-order valence-electron chi connectivity index (χ1n) is 7.50. The maximum Gasteiger partial charge on any atom is 0.255 e. The smallest absolute Gasteiger partial charge is 0.255 e. The Labute approximate surface area is 123 Å². The van der Waals surface area contributed by atoms with Gasteiger partial charge in [0.1, 0.15) is 6.10 Å². The summed E-state index contributed by atoms with van der Waals surface area (Å²) in [5, 5.41) is 3.86. The molecular weight excluding hydrogens is 270 g/mol. The molecule has 0 N–H and O–H groups in total. The Morgan fingerprint density at radius 1 is 1.33 bits per heavy atom. The Bertz CT molecular complexity index is 595. The second-order valence-electron chi connectivity index (χ2n) is 5.88. The lowest BCUT2D eigenvalue weighted by Gasteiger charge is -2.34. The zero-order valence-corrected chi connectivity index (χ0v) is 12.1. The third kappa shape index (κ3) is 2.49. The molecule has 2 aromatic heterocycles. The van der Waals surface area contributed by atoms with Gasteiger partial charge in [0, 0.05) is 24.7 Å². The van der Waals surface area contributed by atoms with Crippen LogP contribution in [0.4, 0.5) is 0 Å². The molecule has 2 aliphatic heterocycles. The second kappa shape index (κ2) is 5.27. The number of hydrogen-bond donors (Lipinski definition) is 0. The molecule has 0 bridgehead atoms. The predicted octanol–water partition coefficient (Wildman–Crippen LogP) is 2.47. The summed E-state index contributed by atoms with van der Waals surface area (Å²) in [6, 6.07) is 2.52. The SMILES string of the molecule is Cc1noc([C@H]2CC[C@@H]3[C@@H](CCN3Cc3ccoc3)O2)n1. The summed E-state index contributed by atoms with van der Waals surface area (Å²) in [5.41, 5.74) is 1.23. The van der Waals surface area contributed by atoms with Crippen molar-refractivity contribution in [2.75, 3.05) is 6.54 Å². The molecule has 0 aromatic carbocycles. The van der Waals surface area contributed by atoms with E-state index in [1.54, 1.807) is 6.26 Å². The van der Waals surface area contributed by atoms with Crippen LogP contribution in [0.5, 0.6) is 0 Å². The van der Waals surface area contributed by atoms with Gasteiger partial charge in [-0.25, -0.2) is 0 Å². The highest BCUT2D eigenvalue weighted by atomic mass is 16.5. The van der Waals surface area contributed by atoms with E-state index in [-0.39, 0.29) is 12.2 Å². The summed E-state index contributed by atoms with van der Waals surface area (Å²) < 4.78 is 16.6. The summed E-state index contributed by atoms with van der Waals surface area (Å²) >= 11 is 0. The molecule has 2 aliphatic rings. The summed E-state index contributed by atoms with van der Waals surface area (Å²) in [6.45, 7) is 3.84. The maximum absolute atomic E-state index is 6.20. The van der Waals surface area contributed by atoms with Crippen LogP contribution in [0.2, 0.25) is 0 Å². The number of likely N-dealkylation sites (tertiary alicyclic amines) is 1. The van der Waals surface area contributed by atoms with Crippen LogP contribution in [0.15, 0.2) is 27.5 Å². The Morgan fingerprint density at radius 2 is 2.29 bits per heavy atom. The summed E-state index contributed by atoms with van der Waals surface area (Å²) in [5.74, 6) is 1.29. The minimum atomic E-state index is -0.0404. The molecule has 0 unspecified atom stereocenters. The molecule has 0 amide bonds. The van der Waals surface area contributed by atoms with Crippen molar-refractivity contribution in [3.63, 3.8) is 0 Å². The van der Waals surface area contributed by atoms with Crippen molar-refractivity contribution in [1.82, 2.24) is 15.0 Å². The van der Waals surface area contributed by atoms with E-state index in [0.717, 1.165) is 32.4 Å². The average Bonchev–Trinajstić information content (AvgIpc) is 3.21. The molecule has 6 heteroatoms. The van der Waals surface area contributed by atoms with Gasteiger partial charge in [0.15, 0.2) is 5.82 Å². The van der Waals surface area contributed by atoms with E-state index < -0.39 is 0 Å². The number of fused-ring (bicyclic) bond motifs is 1. The van der Waals surface area contributed by atoms with Crippen molar-refractivity contribution in [3.8, 4) is 0 Å². The van der Waals surface area contributed by atoms with E-state index in [2.05, 4.69) is 15.0 Å². The fraction of sp³-hybridized carbons (Fsp3) is 0.600. The van der Waals surface area contributed by atoms with Crippen molar-refractivity contribution in [2.45, 2.75) is 51.0 Å². The van der Waals surface area contributed by atoms with Crippen LogP contribution >= 0.6 is 0 Å². The highest BCUT2D eigenvalue weighted by Gasteiger charge is 2.41. The fourth-order valence-corrected chi connectivity index (χ4v) is 3.45. The normalized spacial score (nSPS) is 29.7. The Kier molecular flexibility index (Phi) is 3.27. The molecule has 4 rings (SSSR count). The van der Waals surface area contributed by atoms with Crippen LogP contribution in [-0.2, 0) is 11.3 Å². The summed E-state index contributed by atoms with van der Waals surface area (Å²) in [7, 11) is 0. The van der Waals surface area contributed by atoms with E-state index in [9.17, 15) is 0 Å². The molecule has 3 atom stereocenters. The zero-order valence-electron chi connectivity index (χ0n) is 12.1. The lowest BCUT2D eigenvalue weighted by atomic mass is 9.99. The molecule has 112 valence electrons. The van der Waals surface area contributed by atoms with Crippen molar-refractivity contribution in [2.24, 2.45) is 0 Å². The van der Waals surface area contributed by atoms with Gasteiger partial charge in [-0.15, -0.1) is 0 Å². The molecule has 0 radical (unpaired) electrons. The zero-order chi connectivity index (χ0) is 14.2. The first-order valence-corrected chi connectivity index (χ1v) is 7.50. The maximum atomic E-state index is 6.20. The molecule has 2 saturated heterocycles. The van der Waals surface area contributed by atoms with E-state index in [1.165, 1.54) is 5.56 Å². The van der Waals surface area contributed by atoms with Crippen LogP contribution in [-0.4, -0.2) is 33.7 Å². The Morgan fingerprint density at radius 3 is 3.05 bits per heavy atom. The molecule has 21 heavy (non-hydrogen) atoms. The number of rotatable bonds is 3. The van der Waals surface area contributed by atoms with Crippen molar-refractivity contribution < 1.29 is 13.7 Å². The monoisotopic (exact) mass is 289 g/mol. The van der Waals surface area contributed by atoms with Gasteiger partial charge >= 0.3 is 0 Å². The highest BCUT2D eigenvalue weighted by Crippen LogP contribution is 2.38. The fourth-order valence-electron chi connectivity index (χ4n) is 3.45. The van der Waals surface area contributed by atoms with Gasteiger partial charge < -0.3 is 13.7 Å². The van der Waals surface area contributed by atoms with Gasteiger partial charge in [-0.05, 0) is 32.3 Å². The third-order valence-corrected chi connectivity index (χ3v) is 4.45. The lowest BCUT2D eigenvalue weighted by Crippen LogP contribution is -2.40. The minimum Gasteiger partial charge on any atom is -0.472 e. The summed E-state index contributed by atoms with van der Waals surface area (Å²) in [4.78, 5) is 6.79. The predicted molar refractivity (Wildman–Crippen MR) is 73.4 cm³/mol. The van der Waals surface area contributed by atoms with Crippen LogP contribution in [0.3, 0.4) is 0 Å². The van der Waals surface area contributed by atoms with Crippen LogP contribution in [0, 0.1) is 6.92 Å². The van der Waals surface area contributed by atoms with Gasteiger partial charge in [0.25, 0.3) is 5.89 Å². The number of hydrogen-bond acceptors (Lipinski definition) is 6. The van der Waals surface area contributed by atoms with Crippen LogP contribution in [0.1, 0.15) is 42.6 Å². The third-order valence-electron chi connectivity index (χ3n) is 4.45. The van der Waals surface area contributed by atoms with Crippen LogP contribution < -0.4 is 0 Å².